The number of ketones is 1. The Bertz CT molecular complexity index is 2250. The summed E-state index contributed by atoms with van der Waals surface area (Å²) in [5, 5.41) is 11.0. The number of carbonyl (C=O) groups is 1. The molecule has 56 heavy (non-hydrogen) atoms. The number of Topliss-reactive ketones (excluding diaryl/α,β-unsaturated/α-hetero) is 1. The number of aliphatic hydroxyl groups is 1. The fourth-order valence-electron chi connectivity index (χ4n) is 9.84. The molecule has 19 heteroatoms. The maximum Gasteiger partial charge on any atom is 0.231 e. The highest BCUT2D eigenvalue weighted by Gasteiger charge is 2.57. The van der Waals surface area contributed by atoms with Crippen molar-refractivity contribution in [3.63, 3.8) is 0 Å². The first-order valence-electron chi connectivity index (χ1n) is 17.9. The van der Waals surface area contributed by atoms with Crippen LogP contribution in [0.25, 0.3) is 0 Å². The van der Waals surface area contributed by atoms with Crippen molar-refractivity contribution in [2.75, 3.05) is 54.0 Å². The number of carbonyl (C=O) groups excluding carboxylic acids is 1. The van der Waals surface area contributed by atoms with Crippen LogP contribution in [0.1, 0.15) is 67.2 Å². The average molecular weight is 933 g/mol. The van der Waals surface area contributed by atoms with E-state index in [-0.39, 0.29) is 49.7 Å². The van der Waals surface area contributed by atoms with E-state index in [4.69, 9.17) is 28.4 Å². The number of rotatable bonds is 2. The lowest BCUT2D eigenvalue weighted by molar-refractivity contribution is -0.120. The summed E-state index contributed by atoms with van der Waals surface area (Å²) in [6, 6.07) is 8.27. The molecule has 2 aromatic carbocycles. The van der Waals surface area contributed by atoms with Gasteiger partial charge in [-0.3, -0.25) is 14.6 Å². The Morgan fingerprint density at radius 3 is 1.80 bits per heavy atom. The van der Waals surface area contributed by atoms with Crippen molar-refractivity contribution < 1.29 is 38.3 Å². The van der Waals surface area contributed by atoms with Gasteiger partial charge in [0, 0.05) is 104 Å². The second-order valence-electron chi connectivity index (χ2n) is 14.1. The SMILES string of the molecule is C.COC1=C[C@]23CCCN2CCc2cc4c(cc2[C@@H]3C1=O)OCO4.COC1=C[C@]23CCCN2CCc2cc4c(cc2[C@@H]3[C@@H]1O)OCO4.S=S=S=S=S=S=S=S=S. The second-order valence-corrected chi connectivity index (χ2v) is 26.5. The Kier molecular flexibility index (Phi) is 13.8. The number of methoxy groups -OCH3 is 2. The van der Waals surface area contributed by atoms with Gasteiger partial charge < -0.3 is 33.5 Å². The van der Waals surface area contributed by atoms with Gasteiger partial charge in [0.25, 0.3) is 0 Å². The lowest BCUT2D eigenvalue weighted by Crippen LogP contribution is -2.46. The van der Waals surface area contributed by atoms with E-state index in [0.717, 1.165) is 93.3 Å². The third-order valence-electron chi connectivity index (χ3n) is 12.0. The molecule has 0 saturated carbocycles. The topological polar surface area (TPSA) is 99.2 Å². The number of aliphatic hydroxyl groups excluding tert-OH is 1. The van der Waals surface area contributed by atoms with E-state index >= 15 is 0 Å². The van der Waals surface area contributed by atoms with Gasteiger partial charge in [0.05, 0.1) is 31.2 Å². The highest BCUT2D eigenvalue weighted by molar-refractivity contribution is 8.72. The summed E-state index contributed by atoms with van der Waals surface area (Å²) in [6.45, 7) is 4.63. The molecule has 6 aliphatic heterocycles. The van der Waals surface area contributed by atoms with E-state index in [1.807, 2.05) is 6.07 Å². The van der Waals surface area contributed by atoms with E-state index in [1.54, 1.807) is 58.6 Å². The summed E-state index contributed by atoms with van der Waals surface area (Å²) in [4.78, 5) is 18.0. The van der Waals surface area contributed by atoms with Crippen LogP contribution in [0, 0.1) is 0 Å². The van der Waals surface area contributed by atoms with Gasteiger partial charge in [-0.1, -0.05) is 7.43 Å². The quantitative estimate of drug-likeness (QED) is 0.463. The molecule has 2 aromatic rings. The van der Waals surface area contributed by atoms with Gasteiger partial charge in [0.1, 0.15) is 11.9 Å². The first-order valence-corrected chi connectivity index (χ1v) is 28.6. The Morgan fingerprint density at radius 2 is 1.23 bits per heavy atom. The minimum absolute atomic E-state index is 0. The minimum Gasteiger partial charge on any atom is -0.499 e. The van der Waals surface area contributed by atoms with Crippen LogP contribution in [-0.2, 0) is 112 Å². The molecule has 0 bridgehead atoms. The van der Waals surface area contributed by atoms with Gasteiger partial charge in [0.15, 0.2) is 28.8 Å². The highest BCUT2D eigenvalue weighted by Crippen LogP contribution is 2.55. The number of fused-ring (bicyclic) bond motifs is 6. The number of ether oxygens (including phenoxy) is 6. The van der Waals surface area contributed by atoms with Crippen molar-refractivity contribution in [2.45, 2.75) is 75.0 Å². The molecular formula is C37H44N2O8S9. The van der Waals surface area contributed by atoms with Crippen molar-refractivity contribution in [2.24, 2.45) is 0 Å². The van der Waals surface area contributed by atoms with Gasteiger partial charge in [0.2, 0.25) is 19.4 Å². The molecule has 10 rings (SSSR count). The molecule has 2 saturated heterocycles. The molecule has 2 spiro atoms. The molecule has 8 aliphatic rings. The van der Waals surface area contributed by atoms with E-state index in [2.05, 4.69) is 62.5 Å². The second kappa shape index (κ2) is 18.3. The van der Waals surface area contributed by atoms with Crippen LogP contribution in [0.3, 0.4) is 0 Å². The van der Waals surface area contributed by atoms with Gasteiger partial charge >= 0.3 is 0 Å². The van der Waals surface area contributed by atoms with Crippen molar-refractivity contribution in [1.82, 2.24) is 9.80 Å². The van der Waals surface area contributed by atoms with Crippen LogP contribution in [-0.4, -0.2) is 91.9 Å². The fraction of sp³-hybridized carbons (Fsp3) is 0.541. The maximum atomic E-state index is 13.0. The monoisotopic (exact) mass is 932 g/mol. The van der Waals surface area contributed by atoms with Gasteiger partial charge in [-0.15, -0.1) is 0 Å². The molecule has 0 unspecified atom stereocenters. The van der Waals surface area contributed by atoms with Crippen molar-refractivity contribution >= 4 is 90.3 Å². The van der Waals surface area contributed by atoms with Crippen LogP contribution in [0.4, 0.5) is 0 Å². The largest absolute Gasteiger partial charge is 0.499 e. The number of allylic oxidation sites excluding steroid dienone is 1. The smallest absolute Gasteiger partial charge is 0.231 e. The van der Waals surface area contributed by atoms with Crippen molar-refractivity contribution in [1.29, 1.82) is 0 Å². The van der Waals surface area contributed by atoms with Crippen molar-refractivity contribution in [3.8, 4) is 23.0 Å². The molecule has 10 nitrogen and oxygen atoms in total. The molecule has 0 amide bonds. The molecule has 5 atom stereocenters. The van der Waals surface area contributed by atoms with E-state index in [1.165, 1.54) is 34.5 Å². The molecule has 2 aliphatic carbocycles. The minimum atomic E-state index is -0.599. The number of hydrogen-bond acceptors (Lipinski definition) is 12. The summed E-state index contributed by atoms with van der Waals surface area (Å²) in [6.07, 6.45) is 9.92. The molecule has 2 fully saturated rings. The summed E-state index contributed by atoms with van der Waals surface area (Å²) >= 11 is 9.27. The Hall–Kier alpha value is -1.75. The number of nitrogens with zero attached hydrogens (tertiary/aromatic N) is 2. The fourth-order valence-corrected chi connectivity index (χ4v) is 23.6. The normalized spacial score (nSPS) is 28.1. The molecule has 1 N–H and O–H groups in total. The summed E-state index contributed by atoms with van der Waals surface area (Å²) in [7, 11) is 14.1. The summed E-state index contributed by atoms with van der Waals surface area (Å²) in [5.41, 5.74) is 4.40. The third-order valence-corrected chi connectivity index (χ3v) is 25.3. The zero-order chi connectivity index (χ0) is 38.2. The van der Waals surface area contributed by atoms with Crippen LogP contribution in [0.5, 0.6) is 23.0 Å². The van der Waals surface area contributed by atoms with Crippen LogP contribution < -0.4 is 18.9 Å². The van der Waals surface area contributed by atoms with Gasteiger partial charge in [-0.25, -0.2) is 0 Å². The predicted octanol–water partition coefficient (Wildman–Crippen LogP) is 4.41. The lowest BCUT2D eigenvalue weighted by Gasteiger charge is -2.38. The first-order chi connectivity index (χ1) is 26.9. The van der Waals surface area contributed by atoms with Crippen molar-refractivity contribution in [3.05, 3.63) is 70.2 Å². The standard InChI is InChI=1S/C18H21NO4.C18H19NO4.CH4.S9/c2*1-21-15-9-18-4-2-5-19(18)6-3-11-7-13-14(23-10-22-13)8-12(11)16(18)17(15)20;;1-3-5-7-9-8-6-4-2/h7-9,16-17,20H,2-6,10H2,1H3;7-9,16H,2-6,10H2,1H3;1H4;/t16-,17-,18+;16-,18+;;/m11../s1. The zero-order valence-electron chi connectivity index (χ0n) is 30.1. The van der Waals surface area contributed by atoms with Crippen LogP contribution in [0.2, 0.25) is 0 Å². The predicted molar refractivity (Wildman–Crippen MR) is 239 cm³/mol. The first kappa shape index (κ1) is 42.4. The van der Waals surface area contributed by atoms with E-state index in [9.17, 15) is 9.90 Å². The average Bonchev–Trinajstić information content (AvgIpc) is 4.05. The van der Waals surface area contributed by atoms with Gasteiger partial charge in [-0.2, -0.15) is 0 Å². The molecule has 304 valence electrons. The highest BCUT2D eigenvalue weighted by atomic mass is 33.4. The Labute approximate surface area is 357 Å². The molecular weight excluding hydrogens is 889 g/mol. The zero-order valence-corrected chi connectivity index (χ0v) is 37.4. The number of hydrogen-bond donors (Lipinski definition) is 1. The molecule has 0 aromatic heterocycles. The lowest BCUT2D eigenvalue weighted by atomic mass is 9.78. The number of benzene rings is 2. The van der Waals surface area contributed by atoms with Crippen LogP contribution in [0.15, 0.2) is 47.9 Å². The van der Waals surface area contributed by atoms with Crippen LogP contribution >= 0.6 is 0 Å². The maximum absolute atomic E-state index is 13.0. The van der Waals surface area contributed by atoms with Gasteiger partial charge in [-0.05, 0) is 110 Å². The molecule has 0 radical (unpaired) electrons. The third kappa shape index (κ3) is 7.61. The van der Waals surface area contributed by atoms with E-state index < -0.39 is 6.10 Å². The van der Waals surface area contributed by atoms with E-state index in [0.29, 0.717) is 11.5 Å². The Balaban J connectivity index is 0.000000140. The molecule has 6 heterocycles. The summed E-state index contributed by atoms with van der Waals surface area (Å²) in [5.74, 6) is 4.30. The summed E-state index contributed by atoms with van der Waals surface area (Å²) < 4.78 is 33.1. The Morgan fingerprint density at radius 1 is 0.714 bits per heavy atom.